The Morgan fingerprint density at radius 3 is 2.93 bits per heavy atom. The molecule has 0 saturated carbocycles. The second kappa shape index (κ2) is 6.56. The van der Waals surface area contributed by atoms with Crippen molar-refractivity contribution in [1.82, 2.24) is 20.1 Å². The van der Waals surface area contributed by atoms with Crippen molar-refractivity contribution in [1.29, 1.82) is 0 Å². The molecule has 0 amide bonds. The van der Waals surface area contributed by atoms with Crippen molar-refractivity contribution in [2.45, 2.75) is 52.6 Å². The topological polar surface area (TPSA) is 42.7 Å². The fraction of sp³-hybridized carbons (Fsp3) is 0.818. The van der Waals surface area contributed by atoms with Crippen LogP contribution in [0.5, 0.6) is 0 Å². The largest absolute Gasteiger partial charge is 0.315 e. The summed E-state index contributed by atoms with van der Waals surface area (Å²) in [7, 11) is 0. The Bertz CT molecular complexity index is 267. The summed E-state index contributed by atoms with van der Waals surface area (Å²) in [4.78, 5) is 4.28. The Balaban J connectivity index is 2.27. The van der Waals surface area contributed by atoms with Crippen LogP contribution in [0.25, 0.3) is 0 Å². The van der Waals surface area contributed by atoms with Crippen molar-refractivity contribution in [3.63, 3.8) is 0 Å². The summed E-state index contributed by atoms with van der Waals surface area (Å²) in [6.45, 7) is 8.52. The molecule has 1 aromatic rings. The Morgan fingerprint density at radius 2 is 2.27 bits per heavy atom. The van der Waals surface area contributed by atoms with Crippen LogP contribution in [-0.4, -0.2) is 27.4 Å². The van der Waals surface area contributed by atoms with Crippen LogP contribution in [0.15, 0.2) is 6.33 Å². The molecule has 1 heterocycles. The van der Waals surface area contributed by atoms with Crippen LogP contribution < -0.4 is 5.32 Å². The smallest absolute Gasteiger partial charge is 0.138 e. The maximum atomic E-state index is 4.28. The molecule has 0 atom stereocenters. The Labute approximate surface area is 92.1 Å². The van der Waals surface area contributed by atoms with Gasteiger partial charge in [0, 0.05) is 19.0 Å². The van der Waals surface area contributed by atoms with Gasteiger partial charge in [0.2, 0.25) is 0 Å². The molecule has 0 unspecified atom stereocenters. The first-order valence-corrected chi connectivity index (χ1v) is 5.84. The van der Waals surface area contributed by atoms with E-state index < -0.39 is 0 Å². The van der Waals surface area contributed by atoms with E-state index in [0.717, 1.165) is 38.2 Å². The molecule has 0 spiro atoms. The maximum Gasteiger partial charge on any atom is 0.138 e. The molecular weight excluding hydrogens is 188 g/mol. The minimum absolute atomic E-state index is 0.568. The van der Waals surface area contributed by atoms with E-state index in [1.807, 2.05) is 4.68 Å². The van der Waals surface area contributed by atoms with Crippen LogP contribution >= 0.6 is 0 Å². The highest BCUT2D eigenvalue weighted by Crippen LogP contribution is 1.99. The predicted octanol–water partition coefficient (Wildman–Crippen LogP) is 1.62. The van der Waals surface area contributed by atoms with E-state index in [9.17, 15) is 0 Å². The number of aryl methyl sites for hydroxylation is 2. The van der Waals surface area contributed by atoms with Gasteiger partial charge >= 0.3 is 0 Å². The zero-order valence-electron chi connectivity index (χ0n) is 10.0. The van der Waals surface area contributed by atoms with Gasteiger partial charge in [0.15, 0.2) is 0 Å². The third-order valence-corrected chi connectivity index (χ3v) is 2.26. The molecule has 0 aliphatic rings. The molecule has 0 aliphatic carbocycles. The minimum Gasteiger partial charge on any atom is -0.315 e. The van der Waals surface area contributed by atoms with Crippen LogP contribution in [-0.2, 0) is 13.0 Å². The highest BCUT2D eigenvalue weighted by molar-refractivity contribution is 4.84. The molecular formula is C11H22N4. The van der Waals surface area contributed by atoms with Gasteiger partial charge in [-0.1, -0.05) is 20.8 Å². The first-order chi connectivity index (χ1) is 7.24. The van der Waals surface area contributed by atoms with Gasteiger partial charge in [-0.15, -0.1) is 0 Å². The highest BCUT2D eigenvalue weighted by Gasteiger charge is 2.02. The van der Waals surface area contributed by atoms with Gasteiger partial charge in [0.1, 0.15) is 12.2 Å². The van der Waals surface area contributed by atoms with Crippen molar-refractivity contribution in [2.24, 2.45) is 0 Å². The number of hydrogen-bond donors (Lipinski definition) is 1. The molecule has 86 valence electrons. The van der Waals surface area contributed by atoms with E-state index in [1.54, 1.807) is 6.33 Å². The third-order valence-electron chi connectivity index (χ3n) is 2.26. The Kier molecular flexibility index (Phi) is 5.32. The molecule has 0 saturated heterocycles. The number of rotatable bonds is 7. The van der Waals surface area contributed by atoms with E-state index in [2.05, 4.69) is 36.2 Å². The van der Waals surface area contributed by atoms with E-state index in [0.29, 0.717) is 6.04 Å². The number of nitrogens with zero attached hydrogens (tertiary/aromatic N) is 3. The van der Waals surface area contributed by atoms with E-state index >= 15 is 0 Å². The zero-order chi connectivity index (χ0) is 11.1. The van der Waals surface area contributed by atoms with Gasteiger partial charge in [-0.2, -0.15) is 5.10 Å². The molecule has 0 bridgehead atoms. The predicted molar refractivity (Wildman–Crippen MR) is 61.8 cm³/mol. The monoisotopic (exact) mass is 210 g/mol. The summed E-state index contributed by atoms with van der Waals surface area (Å²) < 4.78 is 2.01. The van der Waals surface area contributed by atoms with Gasteiger partial charge in [0.05, 0.1) is 0 Å². The molecule has 0 aromatic carbocycles. The van der Waals surface area contributed by atoms with Crippen molar-refractivity contribution in [3.05, 3.63) is 12.2 Å². The summed E-state index contributed by atoms with van der Waals surface area (Å²) in [6.07, 6.45) is 4.90. The van der Waals surface area contributed by atoms with E-state index in [-0.39, 0.29) is 0 Å². The quantitative estimate of drug-likeness (QED) is 0.695. The second-order valence-electron chi connectivity index (χ2n) is 4.11. The van der Waals surface area contributed by atoms with Crippen LogP contribution in [0.3, 0.4) is 0 Å². The summed E-state index contributed by atoms with van der Waals surface area (Å²) in [6, 6.07) is 0.568. The van der Waals surface area contributed by atoms with Crippen LogP contribution in [0.2, 0.25) is 0 Å². The lowest BCUT2D eigenvalue weighted by Gasteiger charge is -2.07. The third kappa shape index (κ3) is 4.42. The average Bonchev–Trinajstić information content (AvgIpc) is 2.61. The lowest BCUT2D eigenvalue weighted by atomic mass is 10.2. The fourth-order valence-corrected chi connectivity index (χ4v) is 1.52. The lowest BCUT2D eigenvalue weighted by Crippen LogP contribution is -2.24. The van der Waals surface area contributed by atoms with Gasteiger partial charge in [-0.25, -0.2) is 4.98 Å². The van der Waals surface area contributed by atoms with Crippen molar-refractivity contribution in [3.8, 4) is 0 Å². The second-order valence-corrected chi connectivity index (χ2v) is 4.11. The van der Waals surface area contributed by atoms with Crippen LogP contribution in [0, 0.1) is 0 Å². The van der Waals surface area contributed by atoms with Gasteiger partial charge < -0.3 is 5.32 Å². The molecule has 1 aromatic heterocycles. The molecule has 1 rings (SSSR count). The van der Waals surface area contributed by atoms with Crippen molar-refractivity contribution < 1.29 is 0 Å². The van der Waals surface area contributed by atoms with Crippen LogP contribution in [0.4, 0.5) is 0 Å². The molecule has 4 heteroatoms. The first-order valence-electron chi connectivity index (χ1n) is 5.84. The standard InChI is InChI=1S/C11H22N4/c1-4-8-15-11(13-9-14-15)6-5-7-12-10(2)3/h9-10,12H,4-8H2,1-3H3. The van der Waals surface area contributed by atoms with Crippen molar-refractivity contribution >= 4 is 0 Å². The molecule has 1 N–H and O–H groups in total. The van der Waals surface area contributed by atoms with Gasteiger partial charge in [-0.05, 0) is 19.4 Å². The summed E-state index contributed by atoms with van der Waals surface area (Å²) in [5.74, 6) is 1.11. The minimum atomic E-state index is 0.568. The van der Waals surface area contributed by atoms with E-state index in [1.165, 1.54) is 0 Å². The Morgan fingerprint density at radius 1 is 1.47 bits per heavy atom. The normalized spacial score (nSPS) is 11.2. The van der Waals surface area contributed by atoms with E-state index in [4.69, 9.17) is 0 Å². The summed E-state index contributed by atoms with van der Waals surface area (Å²) >= 11 is 0. The lowest BCUT2D eigenvalue weighted by molar-refractivity contribution is 0.535. The van der Waals surface area contributed by atoms with Gasteiger partial charge in [0.25, 0.3) is 0 Å². The molecule has 0 fully saturated rings. The zero-order valence-corrected chi connectivity index (χ0v) is 10.0. The number of aromatic nitrogens is 3. The number of hydrogen-bond acceptors (Lipinski definition) is 3. The average molecular weight is 210 g/mol. The van der Waals surface area contributed by atoms with Gasteiger partial charge in [-0.3, -0.25) is 4.68 Å². The summed E-state index contributed by atoms with van der Waals surface area (Å²) in [5.41, 5.74) is 0. The SMILES string of the molecule is CCCn1ncnc1CCCNC(C)C. The highest BCUT2D eigenvalue weighted by atomic mass is 15.3. The maximum absolute atomic E-state index is 4.28. The van der Waals surface area contributed by atoms with Crippen molar-refractivity contribution in [2.75, 3.05) is 6.54 Å². The molecule has 0 aliphatic heterocycles. The molecule has 15 heavy (non-hydrogen) atoms. The fourth-order valence-electron chi connectivity index (χ4n) is 1.52. The number of nitrogens with one attached hydrogen (secondary N) is 1. The Hall–Kier alpha value is -0.900. The molecule has 4 nitrogen and oxygen atoms in total. The molecule has 0 radical (unpaired) electrons. The first kappa shape index (κ1) is 12.2. The summed E-state index contributed by atoms with van der Waals surface area (Å²) in [5, 5.41) is 7.61. The van der Waals surface area contributed by atoms with Crippen LogP contribution in [0.1, 0.15) is 39.4 Å².